The number of aromatic hydroxyl groups is 2. The van der Waals surface area contributed by atoms with Crippen molar-refractivity contribution in [1.29, 1.82) is 0 Å². The SMILES string of the molecule is [2H]C([2H])([2H])C([2H])([2H])OC(=O)c1ccc(-n2nc(-c3ccccc3O)nc2-c2ccccc2O)cc1. The van der Waals surface area contributed by atoms with Crippen molar-refractivity contribution in [3.8, 4) is 40.0 Å². The summed E-state index contributed by atoms with van der Waals surface area (Å²) in [6, 6.07) is 18.6. The van der Waals surface area contributed by atoms with Crippen LogP contribution in [0.25, 0.3) is 28.5 Å². The topological polar surface area (TPSA) is 97.5 Å². The molecule has 0 saturated carbocycles. The number of carbonyl (C=O) groups is 1. The van der Waals surface area contributed by atoms with Crippen molar-refractivity contribution in [3.05, 3.63) is 78.4 Å². The molecule has 0 amide bonds. The van der Waals surface area contributed by atoms with E-state index >= 15 is 0 Å². The third-order valence-corrected chi connectivity index (χ3v) is 4.39. The number of phenols is 2. The predicted octanol–water partition coefficient (Wildman–Crippen LogP) is 4.19. The van der Waals surface area contributed by atoms with Crippen molar-refractivity contribution in [1.82, 2.24) is 14.8 Å². The van der Waals surface area contributed by atoms with Crippen molar-refractivity contribution in [2.75, 3.05) is 6.56 Å². The second-order valence-corrected chi connectivity index (χ2v) is 6.24. The van der Waals surface area contributed by atoms with E-state index in [0.29, 0.717) is 16.8 Å². The molecular weight excluding hydrogens is 382 g/mol. The molecule has 0 bridgehead atoms. The minimum atomic E-state index is -3.15. The van der Waals surface area contributed by atoms with Crippen LogP contribution in [0.3, 0.4) is 0 Å². The van der Waals surface area contributed by atoms with Crippen LogP contribution in [0.1, 0.15) is 24.1 Å². The summed E-state index contributed by atoms with van der Waals surface area (Å²) in [6.07, 6.45) is 0. The molecule has 4 aromatic rings. The van der Waals surface area contributed by atoms with E-state index < -0.39 is 19.4 Å². The standard InChI is InChI=1S/C23H19N3O4/c1-2-30-23(29)15-11-13-16(14-12-15)26-22(18-8-4-6-10-20(18)28)24-21(25-26)17-7-3-5-9-19(17)27/h3-14,27-28H,2H2,1H3/i1D3,2D2. The average molecular weight is 406 g/mol. The Kier molecular flexibility index (Phi) is 3.76. The Labute approximate surface area is 179 Å². The molecule has 3 aromatic carbocycles. The Morgan fingerprint density at radius 3 is 2.27 bits per heavy atom. The zero-order valence-corrected chi connectivity index (χ0v) is 15.5. The molecule has 0 fully saturated rings. The average Bonchev–Trinajstić information content (AvgIpc) is 3.23. The maximum atomic E-state index is 12.3. The summed E-state index contributed by atoms with van der Waals surface area (Å²) >= 11 is 0. The van der Waals surface area contributed by atoms with E-state index in [4.69, 9.17) is 6.85 Å². The van der Waals surface area contributed by atoms with Gasteiger partial charge in [0.05, 0.1) is 31.7 Å². The number of nitrogens with zero attached hydrogens (tertiary/aromatic N) is 3. The summed E-state index contributed by atoms with van der Waals surface area (Å²) in [5.74, 6) is -0.773. The van der Waals surface area contributed by atoms with Gasteiger partial charge < -0.3 is 14.9 Å². The quantitative estimate of drug-likeness (QED) is 0.482. The molecule has 4 rings (SSSR count). The molecular formula is C23H19N3O4. The van der Waals surface area contributed by atoms with E-state index in [9.17, 15) is 15.0 Å². The van der Waals surface area contributed by atoms with Gasteiger partial charge in [0.2, 0.25) is 0 Å². The first-order valence-electron chi connectivity index (χ1n) is 11.4. The summed E-state index contributed by atoms with van der Waals surface area (Å²) in [6.45, 7) is -6.30. The monoisotopic (exact) mass is 406 g/mol. The van der Waals surface area contributed by atoms with Crippen LogP contribution in [-0.4, -0.2) is 37.5 Å². The number of benzene rings is 3. The van der Waals surface area contributed by atoms with Gasteiger partial charge in [-0.1, -0.05) is 24.3 Å². The highest BCUT2D eigenvalue weighted by Gasteiger charge is 2.19. The van der Waals surface area contributed by atoms with Crippen LogP contribution in [0.2, 0.25) is 0 Å². The molecule has 0 unspecified atom stereocenters. The molecule has 0 saturated heterocycles. The van der Waals surface area contributed by atoms with E-state index in [2.05, 4.69) is 14.8 Å². The van der Waals surface area contributed by atoms with Crippen molar-refractivity contribution in [2.24, 2.45) is 0 Å². The molecule has 0 aliphatic carbocycles. The lowest BCUT2D eigenvalue weighted by Crippen LogP contribution is -2.05. The van der Waals surface area contributed by atoms with Crippen LogP contribution in [0.4, 0.5) is 0 Å². The first kappa shape index (κ1) is 13.9. The Morgan fingerprint density at radius 1 is 1.00 bits per heavy atom. The molecule has 0 atom stereocenters. The smallest absolute Gasteiger partial charge is 0.338 e. The highest BCUT2D eigenvalue weighted by atomic mass is 16.5. The number of esters is 1. The van der Waals surface area contributed by atoms with Crippen LogP contribution >= 0.6 is 0 Å². The number of para-hydroxylation sites is 2. The second-order valence-electron chi connectivity index (χ2n) is 6.24. The molecule has 30 heavy (non-hydrogen) atoms. The molecule has 2 N–H and O–H groups in total. The van der Waals surface area contributed by atoms with Gasteiger partial charge >= 0.3 is 5.97 Å². The molecule has 0 radical (unpaired) electrons. The third kappa shape index (κ3) is 3.60. The Balaban J connectivity index is 1.75. The summed E-state index contributed by atoms with van der Waals surface area (Å²) in [5.41, 5.74) is 1.09. The second kappa shape index (κ2) is 8.08. The number of aromatic nitrogens is 3. The van der Waals surface area contributed by atoms with Crippen molar-refractivity contribution >= 4 is 5.97 Å². The normalized spacial score (nSPS) is 14.1. The minimum Gasteiger partial charge on any atom is -0.507 e. The minimum absolute atomic E-state index is 0.0323. The Hall–Kier alpha value is -4.13. The summed E-state index contributed by atoms with van der Waals surface area (Å²) in [5, 5.41) is 25.1. The molecule has 150 valence electrons. The number of hydrogen-bond acceptors (Lipinski definition) is 6. The number of hydrogen-bond donors (Lipinski definition) is 2. The van der Waals surface area contributed by atoms with Gasteiger partial charge in [-0.05, 0) is 55.4 Å². The van der Waals surface area contributed by atoms with Crippen LogP contribution in [-0.2, 0) is 4.74 Å². The maximum absolute atomic E-state index is 12.3. The first-order valence-corrected chi connectivity index (χ1v) is 8.85. The van der Waals surface area contributed by atoms with Gasteiger partial charge in [-0.15, -0.1) is 5.10 Å². The molecule has 7 nitrogen and oxygen atoms in total. The molecule has 1 heterocycles. The van der Waals surface area contributed by atoms with Gasteiger partial charge in [-0.2, -0.15) is 0 Å². The van der Waals surface area contributed by atoms with Crippen molar-refractivity contribution < 1.29 is 26.6 Å². The van der Waals surface area contributed by atoms with E-state index in [1.54, 1.807) is 36.4 Å². The zero-order chi connectivity index (χ0) is 25.4. The highest BCUT2D eigenvalue weighted by Crippen LogP contribution is 2.33. The maximum Gasteiger partial charge on any atom is 0.338 e. The van der Waals surface area contributed by atoms with E-state index in [1.165, 1.54) is 41.1 Å². The first-order chi connectivity index (χ1) is 16.5. The summed E-state index contributed by atoms with van der Waals surface area (Å²) in [4.78, 5) is 16.8. The van der Waals surface area contributed by atoms with E-state index in [0.717, 1.165) is 0 Å². The molecule has 7 heteroatoms. The summed E-state index contributed by atoms with van der Waals surface area (Å²) < 4.78 is 42.4. The lowest BCUT2D eigenvalue weighted by Gasteiger charge is -2.08. The van der Waals surface area contributed by atoms with Gasteiger partial charge in [0.25, 0.3) is 0 Å². The molecule has 1 aromatic heterocycles. The number of rotatable bonds is 5. The van der Waals surface area contributed by atoms with Gasteiger partial charge in [-0.3, -0.25) is 0 Å². The van der Waals surface area contributed by atoms with Crippen LogP contribution < -0.4 is 0 Å². The Morgan fingerprint density at radius 2 is 1.63 bits per heavy atom. The molecule has 0 spiro atoms. The zero-order valence-electron chi connectivity index (χ0n) is 20.5. The number of ether oxygens (including phenoxy) is 1. The van der Waals surface area contributed by atoms with Crippen LogP contribution in [0.5, 0.6) is 11.5 Å². The fourth-order valence-corrected chi connectivity index (χ4v) is 2.95. The highest BCUT2D eigenvalue weighted by molar-refractivity contribution is 5.89. The number of phenolic OH excluding ortho intramolecular Hbond substituents is 2. The fraction of sp³-hybridized carbons (Fsp3) is 0.0870. The molecule has 0 aliphatic heterocycles. The fourth-order valence-electron chi connectivity index (χ4n) is 2.95. The van der Waals surface area contributed by atoms with Gasteiger partial charge in [0.1, 0.15) is 11.5 Å². The third-order valence-electron chi connectivity index (χ3n) is 4.39. The predicted molar refractivity (Wildman–Crippen MR) is 112 cm³/mol. The van der Waals surface area contributed by atoms with Crippen molar-refractivity contribution in [3.63, 3.8) is 0 Å². The lowest BCUT2D eigenvalue weighted by molar-refractivity contribution is 0.0526. The van der Waals surface area contributed by atoms with Gasteiger partial charge in [0, 0.05) is 4.11 Å². The van der Waals surface area contributed by atoms with Crippen molar-refractivity contribution in [2.45, 2.75) is 6.85 Å². The van der Waals surface area contributed by atoms with Gasteiger partial charge in [0.15, 0.2) is 11.6 Å². The number of carbonyl (C=O) groups excluding carboxylic acids is 1. The lowest BCUT2D eigenvalue weighted by atomic mass is 10.1. The Bertz CT molecular complexity index is 1380. The van der Waals surface area contributed by atoms with Crippen LogP contribution in [0, 0.1) is 0 Å². The van der Waals surface area contributed by atoms with Crippen LogP contribution in [0.15, 0.2) is 72.8 Å². The van der Waals surface area contributed by atoms with Gasteiger partial charge in [-0.25, -0.2) is 14.5 Å². The summed E-state index contributed by atoms with van der Waals surface area (Å²) in [7, 11) is 0. The van der Waals surface area contributed by atoms with E-state index in [1.807, 2.05) is 0 Å². The largest absolute Gasteiger partial charge is 0.507 e. The van der Waals surface area contributed by atoms with E-state index in [-0.39, 0.29) is 28.7 Å². The molecule has 0 aliphatic rings.